The molecule has 5 heteroatoms. The first-order chi connectivity index (χ1) is 9.39. The average Bonchev–Trinajstić information content (AvgIpc) is 2.39. The van der Waals surface area contributed by atoms with Crippen LogP contribution < -0.4 is 0 Å². The maximum atomic E-state index is 12.9. The second-order valence-corrected chi connectivity index (χ2v) is 7.91. The van der Waals surface area contributed by atoms with Crippen molar-refractivity contribution in [2.75, 3.05) is 19.6 Å². The van der Waals surface area contributed by atoms with Gasteiger partial charge >= 0.3 is 0 Å². The van der Waals surface area contributed by atoms with Crippen molar-refractivity contribution in [1.82, 2.24) is 4.90 Å². The van der Waals surface area contributed by atoms with Crippen molar-refractivity contribution < 1.29 is 12.8 Å². The number of benzene rings is 1. The molecular weight excluding hydrogens is 277 g/mol. The Balaban J connectivity index is 2.04. The van der Waals surface area contributed by atoms with Crippen LogP contribution in [0.1, 0.15) is 26.7 Å². The van der Waals surface area contributed by atoms with E-state index in [2.05, 4.69) is 18.7 Å². The van der Waals surface area contributed by atoms with Crippen LogP contribution in [0.5, 0.6) is 0 Å². The van der Waals surface area contributed by atoms with E-state index in [1.807, 2.05) is 0 Å². The van der Waals surface area contributed by atoms with Crippen molar-refractivity contribution in [3.63, 3.8) is 0 Å². The summed E-state index contributed by atoms with van der Waals surface area (Å²) in [5.41, 5.74) is 0. The SMILES string of the molecule is C[C](C)CN1CCC(S(=O)(=O)c2ccc(F)cc2)CC1. The molecule has 1 aromatic carbocycles. The first-order valence-electron chi connectivity index (χ1n) is 6.90. The molecule has 2 rings (SSSR count). The van der Waals surface area contributed by atoms with Gasteiger partial charge in [0.25, 0.3) is 0 Å². The Hall–Kier alpha value is -0.940. The predicted molar refractivity (Wildman–Crippen MR) is 77.6 cm³/mol. The summed E-state index contributed by atoms with van der Waals surface area (Å²) in [6, 6.07) is 5.14. The molecule has 0 N–H and O–H groups in total. The third-order valence-electron chi connectivity index (χ3n) is 3.66. The molecule has 0 atom stereocenters. The van der Waals surface area contributed by atoms with E-state index in [1.165, 1.54) is 30.2 Å². The van der Waals surface area contributed by atoms with Gasteiger partial charge < -0.3 is 4.90 Å². The lowest BCUT2D eigenvalue weighted by Crippen LogP contribution is -2.40. The van der Waals surface area contributed by atoms with Crippen molar-refractivity contribution in [3.05, 3.63) is 36.0 Å². The minimum atomic E-state index is -3.33. The van der Waals surface area contributed by atoms with Crippen LogP contribution in [0, 0.1) is 11.7 Å². The number of halogens is 1. The molecule has 0 saturated carbocycles. The van der Waals surface area contributed by atoms with E-state index in [4.69, 9.17) is 0 Å². The van der Waals surface area contributed by atoms with E-state index in [9.17, 15) is 12.8 Å². The Kier molecular flexibility index (Phi) is 4.81. The van der Waals surface area contributed by atoms with Crippen molar-refractivity contribution >= 4 is 9.84 Å². The molecule has 0 amide bonds. The van der Waals surface area contributed by atoms with Gasteiger partial charge in [-0.05, 0) is 56.1 Å². The van der Waals surface area contributed by atoms with E-state index in [0.717, 1.165) is 19.6 Å². The molecule has 20 heavy (non-hydrogen) atoms. The van der Waals surface area contributed by atoms with Crippen LogP contribution in [-0.4, -0.2) is 38.2 Å². The molecule has 1 radical (unpaired) electrons. The van der Waals surface area contributed by atoms with Crippen LogP contribution in [0.15, 0.2) is 29.2 Å². The molecule has 3 nitrogen and oxygen atoms in total. The minimum absolute atomic E-state index is 0.232. The highest BCUT2D eigenvalue weighted by Gasteiger charge is 2.31. The predicted octanol–water partition coefficient (Wildman–Crippen LogP) is 2.68. The zero-order valence-corrected chi connectivity index (χ0v) is 12.8. The van der Waals surface area contributed by atoms with Gasteiger partial charge in [-0.3, -0.25) is 0 Å². The van der Waals surface area contributed by atoms with Crippen LogP contribution in [0.3, 0.4) is 0 Å². The molecule has 0 aliphatic carbocycles. The second-order valence-electron chi connectivity index (χ2n) is 5.68. The highest BCUT2D eigenvalue weighted by Crippen LogP contribution is 2.25. The molecule has 1 aliphatic rings. The van der Waals surface area contributed by atoms with Crippen molar-refractivity contribution in [3.8, 4) is 0 Å². The van der Waals surface area contributed by atoms with Gasteiger partial charge in [0.15, 0.2) is 9.84 Å². The van der Waals surface area contributed by atoms with Crippen LogP contribution >= 0.6 is 0 Å². The van der Waals surface area contributed by atoms with Crippen molar-refractivity contribution in [2.24, 2.45) is 0 Å². The maximum Gasteiger partial charge on any atom is 0.181 e. The number of nitrogens with zero attached hydrogens (tertiary/aromatic N) is 1. The van der Waals surface area contributed by atoms with Crippen LogP contribution in [-0.2, 0) is 9.84 Å². The van der Waals surface area contributed by atoms with Crippen LogP contribution in [0.2, 0.25) is 0 Å². The summed E-state index contributed by atoms with van der Waals surface area (Å²) in [7, 11) is -3.33. The molecular formula is C15H21FNO2S. The van der Waals surface area contributed by atoms with Gasteiger partial charge in [-0.15, -0.1) is 0 Å². The number of rotatable bonds is 4. The summed E-state index contributed by atoms with van der Waals surface area (Å²) in [6.45, 7) is 6.71. The summed E-state index contributed by atoms with van der Waals surface area (Å²) in [6.07, 6.45) is 1.29. The third kappa shape index (κ3) is 3.58. The Labute approximate surface area is 120 Å². The summed E-state index contributed by atoms with van der Waals surface area (Å²) in [5.74, 6) is 0.928. The normalized spacial score (nSPS) is 18.6. The molecule has 0 unspecified atom stereocenters. The quantitative estimate of drug-likeness (QED) is 0.802. The average molecular weight is 298 g/mol. The monoisotopic (exact) mass is 298 g/mol. The van der Waals surface area contributed by atoms with Gasteiger partial charge in [0.2, 0.25) is 0 Å². The van der Waals surface area contributed by atoms with Crippen LogP contribution in [0.25, 0.3) is 0 Å². The van der Waals surface area contributed by atoms with Gasteiger partial charge in [0, 0.05) is 6.54 Å². The molecule has 1 fully saturated rings. The fraction of sp³-hybridized carbons (Fsp3) is 0.533. The number of likely N-dealkylation sites (tertiary alicyclic amines) is 1. The fourth-order valence-corrected chi connectivity index (χ4v) is 4.37. The van der Waals surface area contributed by atoms with Crippen LogP contribution in [0.4, 0.5) is 4.39 Å². The summed E-state index contributed by atoms with van der Waals surface area (Å²) < 4.78 is 37.8. The summed E-state index contributed by atoms with van der Waals surface area (Å²) >= 11 is 0. The number of piperidine rings is 1. The standard InChI is InChI=1S/C15H21FNO2S/c1-12(2)11-17-9-7-15(8-10-17)20(18,19)14-5-3-13(16)4-6-14/h3-6,15H,7-11H2,1-2H3. The molecule has 1 saturated heterocycles. The zero-order chi connectivity index (χ0) is 14.8. The lowest BCUT2D eigenvalue weighted by molar-refractivity contribution is 0.238. The number of sulfone groups is 1. The van der Waals surface area contributed by atoms with Gasteiger partial charge in [0.05, 0.1) is 10.1 Å². The number of hydrogen-bond acceptors (Lipinski definition) is 3. The minimum Gasteiger partial charge on any atom is -0.303 e. The van der Waals surface area contributed by atoms with E-state index in [1.54, 1.807) is 0 Å². The smallest absolute Gasteiger partial charge is 0.181 e. The highest BCUT2D eigenvalue weighted by atomic mass is 32.2. The first kappa shape index (κ1) is 15.4. The fourth-order valence-electron chi connectivity index (χ4n) is 2.64. The lowest BCUT2D eigenvalue weighted by atomic mass is 10.1. The Morgan fingerprint density at radius 3 is 2.25 bits per heavy atom. The van der Waals surface area contributed by atoms with Gasteiger partial charge in [-0.2, -0.15) is 0 Å². The molecule has 1 aromatic rings. The Bertz CT molecular complexity index is 531. The van der Waals surface area contributed by atoms with E-state index >= 15 is 0 Å². The lowest BCUT2D eigenvalue weighted by Gasteiger charge is -2.32. The summed E-state index contributed by atoms with van der Waals surface area (Å²) in [5, 5.41) is -0.346. The van der Waals surface area contributed by atoms with E-state index in [0.29, 0.717) is 12.8 Å². The Morgan fingerprint density at radius 2 is 1.75 bits per heavy atom. The summed E-state index contributed by atoms with van der Waals surface area (Å²) in [4.78, 5) is 2.52. The van der Waals surface area contributed by atoms with E-state index in [-0.39, 0.29) is 10.1 Å². The second kappa shape index (κ2) is 6.22. The van der Waals surface area contributed by atoms with Gasteiger partial charge in [-0.25, -0.2) is 12.8 Å². The topological polar surface area (TPSA) is 37.4 Å². The highest BCUT2D eigenvalue weighted by molar-refractivity contribution is 7.92. The first-order valence-corrected chi connectivity index (χ1v) is 8.45. The Morgan fingerprint density at radius 1 is 1.20 bits per heavy atom. The number of hydrogen-bond donors (Lipinski definition) is 0. The molecule has 1 heterocycles. The van der Waals surface area contributed by atoms with Gasteiger partial charge in [0.1, 0.15) is 5.82 Å². The maximum absolute atomic E-state index is 12.9. The molecule has 0 spiro atoms. The third-order valence-corrected chi connectivity index (χ3v) is 5.93. The molecule has 0 aromatic heterocycles. The largest absolute Gasteiger partial charge is 0.303 e. The van der Waals surface area contributed by atoms with Gasteiger partial charge in [-0.1, -0.05) is 13.8 Å². The molecule has 0 bridgehead atoms. The molecule has 1 aliphatic heterocycles. The van der Waals surface area contributed by atoms with Crippen molar-refractivity contribution in [1.29, 1.82) is 0 Å². The zero-order valence-electron chi connectivity index (χ0n) is 12.0. The van der Waals surface area contributed by atoms with Crippen molar-refractivity contribution in [2.45, 2.75) is 36.8 Å². The van der Waals surface area contributed by atoms with E-state index < -0.39 is 15.7 Å². The molecule has 111 valence electrons.